The Bertz CT molecular complexity index is 798. The standard InChI is InChI=1S/C19H22ClF3N3O3/c1-27-8-6-12(7-9-28-2)13-4-5-15(16(10-13)29-3)25-18-24-11-14(17(20)26-18)19(21,22)23/h4-5,10-11H,6-9H2,1-3H3,(H,24,25,26). The molecule has 0 amide bonds. The average molecular weight is 433 g/mol. The van der Waals surface area contributed by atoms with E-state index < -0.39 is 16.9 Å². The van der Waals surface area contributed by atoms with E-state index in [2.05, 4.69) is 15.3 Å². The lowest BCUT2D eigenvalue weighted by Crippen LogP contribution is -2.10. The van der Waals surface area contributed by atoms with E-state index in [4.69, 9.17) is 25.8 Å². The number of anilines is 2. The molecule has 159 valence electrons. The van der Waals surface area contributed by atoms with Crippen LogP contribution in [0.3, 0.4) is 0 Å². The SMILES string of the molecule is COCC[C](CCOC)c1ccc(Nc2ncc(C(F)(F)F)c(Cl)n2)c(OC)c1. The van der Waals surface area contributed by atoms with E-state index in [-0.39, 0.29) is 5.95 Å². The zero-order valence-corrected chi connectivity index (χ0v) is 17.0. The van der Waals surface area contributed by atoms with Crippen LogP contribution in [0.5, 0.6) is 5.75 Å². The van der Waals surface area contributed by atoms with Gasteiger partial charge in [-0.25, -0.2) is 9.97 Å². The van der Waals surface area contributed by atoms with E-state index >= 15 is 0 Å². The summed E-state index contributed by atoms with van der Waals surface area (Å²) in [5.74, 6) is 1.54. The molecule has 6 nitrogen and oxygen atoms in total. The molecule has 1 radical (unpaired) electrons. The number of hydrogen-bond acceptors (Lipinski definition) is 6. The van der Waals surface area contributed by atoms with Crippen LogP contribution in [0.15, 0.2) is 24.4 Å². The lowest BCUT2D eigenvalue weighted by Gasteiger charge is -2.18. The quantitative estimate of drug-likeness (QED) is 0.539. The topological polar surface area (TPSA) is 65.5 Å². The summed E-state index contributed by atoms with van der Waals surface area (Å²) in [6.07, 6.45) is -2.52. The minimum Gasteiger partial charge on any atom is -0.495 e. The van der Waals surface area contributed by atoms with Crippen LogP contribution in [-0.2, 0) is 15.7 Å². The summed E-state index contributed by atoms with van der Waals surface area (Å²) in [5, 5.41) is 2.16. The van der Waals surface area contributed by atoms with Gasteiger partial charge < -0.3 is 19.5 Å². The molecular formula is C19H22ClF3N3O3. The molecule has 0 atom stereocenters. The second-order valence-corrected chi connectivity index (χ2v) is 6.38. The summed E-state index contributed by atoms with van der Waals surface area (Å²) in [6, 6.07) is 5.44. The normalized spacial score (nSPS) is 11.7. The molecule has 0 saturated carbocycles. The van der Waals surface area contributed by atoms with Gasteiger partial charge in [0.25, 0.3) is 0 Å². The van der Waals surface area contributed by atoms with Crippen molar-refractivity contribution in [2.75, 3.05) is 39.9 Å². The highest BCUT2D eigenvalue weighted by molar-refractivity contribution is 6.30. The molecule has 2 aromatic rings. The molecule has 0 aliphatic rings. The zero-order valence-electron chi connectivity index (χ0n) is 16.3. The van der Waals surface area contributed by atoms with Gasteiger partial charge in [-0.1, -0.05) is 17.7 Å². The van der Waals surface area contributed by atoms with Gasteiger partial charge in [0.1, 0.15) is 16.5 Å². The first kappa shape index (κ1) is 23.2. The third-order valence-electron chi connectivity index (χ3n) is 4.12. The lowest BCUT2D eigenvalue weighted by atomic mass is 9.92. The summed E-state index contributed by atoms with van der Waals surface area (Å²) in [5.41, 5.74) is 0.348. The summed E-state index contributed by atoms with van der Waals surface area (Å²) in [6.45, 7) is 1.14. The molecule has 1 N–H and O–H groups in total. The van der Waals surface area contributed by atoms with Crippen LogP contribution in [0.25, 0.3) is 0 Å². The van der Waals surface area contributed by atoms with E-state index in [1.807, 2.05) is 12.1 Å². The Morgan fingerprint density at radius 3 is 2.28 bits per heavy atom. The molecular weight excluding hydrogens is 411 g/mol. The number of halogens is 4. The number of nitrogens with zero attached hydrogens (tertiary/aromatic N) is 2. The Labute approximate surface area is 172 Å². The summed E-state index contributed by atoms with van der Waals surface area (Å²) < 4.78 is 54.1. The van der Waals surface area contributed by atoms with Crippen molar-refractivity contribution >= 4 is 23.2 Å². The third kappa shape index (κ3) is 6.45. The summed E-state index contributed by atoms with van der Waals surface area (Å²) in [7, 11) is 4.77. The summed E-state index contributed by atoms with van der Waals surface area (Å²) in [4.78, 5) is 7.37. The van der Waals surface area contributed by atoms with Gasteiger partial charge in [-0.15, -0.1) is 0 Å². The summed E-state index contributed by atoms with van der Waals surface area (Å²) >= 11 is 5.65. The molecule has 0 unspecified atom stereocenters. The fourth-order valence-electron chi connectivity index (χ4n) is 2.61. The molecule has 0 bridgehead atoms. The number of rotatable bonds is 10. The van der Waals surface area contributed by atoms with Gasteiger partial charge in [-0.2, -0.15) is 13.2 Å². The van der Waals surface area contributed by atoms with E-state index in [9.17, 15) is 13.2 Å². The maximum absolute atomic E-state index is 12.8. The number of methoxy groups -OCH3 is 3. The molecule has 1 heterocycles. The predicted molar refractivity (Wildman–Crippen MR) is 104 cm³/mol. The van der Waals surface area contributed by atoms with Gasteiger partial charge >= 0.3 is 6.18 Å². The second-order valence-electron chi connectivity index (χ2n) is 6.03. The fourth-order valence-corrected chi connectivity index (χ4v) is 2.85. The van der Waals surface area contributed by atoms with E-state index in [0.717, 1.165) is 24.3 Å². The number of benzene rings is 1. The zero-order chi connectivity index (χ0) is 21.4. The van der Waals surface area contributed by atoms with Gasteiger partial charge in [0.15, 0.2) is 0 Å². The maximum Gasteiger partial charge on any atom is 0.420 e. The van der Waals surface area contributed by atoms with Crippen LogP contribution in [-0.4, -0.2) is 44.5 Å². The second kappa shape index (κ2) is 10.6. The van der Waals surface area contributed by atoms with E-state index in [1.165, 1.54) is 7.11 Å². The predicted octanol–water partition coefficient (Wildman–Crippen LogP) is 4.90. The van der Waals surface area contributed by atoms with Crippen LogP contribution in [0, 0.1) is 5.92 Å². The highest BCUT2D eigenvalue weighted by Crippen LogP contribution is 2.35. The first-order valence-electron chi connectivity index (χ1n) is 8.67. The Morgan fingerprint density at radius 1 is 1.10 bits per heavy atom. The van der Waals surface area contributed by atoms with Crippen molar-refractivity contribution in [2.24, 2.45) is 0 Å². The molecule has 2 rings (SSSR count). The number of ether oxygens (including phenoxy) is 3. The van der Waals surface area contributed by atoms with Gasteiger partial charge in [0, 0.05) is 39.5 Å². The Balaban J connectivity index is 2.25. The number of hydrogen-bond donors (Lipinski definition) is 1. The number of nitrogens with one attached hydrogen (secondary N) is 1. The van der Waals surface area contributed by atoms with Crippen LogP contribution < -0.4 is 10.1 Å². The van der Waals surface area contributed by atoms with Gasteiger partial charge in [-0.3, -0.25) is 0 Å². The molecule has 10 heteroatoms. The van der Waals surface area contributed by atoms with E-state index in [0.29, 0.717) is 30.8 Å². The first-order valence-corrected chi connectivity index (χ1v) is 9.05. The van der Waals surface area contributed by atoms with Crippen molar-refractivity contribution < 1.29 is 27.4 Å². The molecule has 0 aliphatic carbocycles. The minimum atomic E-state index is -4.62. The van der Waals surface area contributed by atoms with Crippen molar-refractivity contribution in [3.05, 3.63) is 46.6 Å². The van der Waals surface area contributed by atoms with Crippen LogP contribution >= 0.6 is 11.6 Å². The van der Waals surface area contributed by atoms with Crippen molar-refractivity contribution in [3.8, 4) is 5.75 Å². The number of aromatic nitrogens is 2. The molecule has 0 aliphatic heterocycles. The van der Waals surface area contributed by atoms with E-state index in [1.54, 1.807) is 20.3 Å². The van der Waals surface area contributed by atoms with Crippen molar-refractivity contribution in [3.63, 3.8) is 0 Å². The van der Waals surface area contributed by atoms with Crippen LogP contribution in [0.4, 0.5) is 24.8 Å². The number of alkyl halides is 3. The Hall–Kier alpha value is -2.10. The Morgan fingerprint density at radius 2 is 1.76 bits per heavy atom. The lowest BCUT2D eigenvalue weighted by molar-refractivity contribution is -0.137. The molecule has 0 fully saturated rings. The molecule has 1 aromatic carbocycles. The smallest absolute Gasteiger partial charge is 0.420 e. The third-order valence-corrected chi connectivity index (χ3v) is 4.41. The van der Waals surface area contributed by atoms with Gasteiger partial charge in [-0.05, 0) is 30.5 Å². The van der Waals surface area contributed by atoms with Crippen molar-refractivity contribution in [1.29, 1.82) is 0 Å². The Kier molecular flexibility index (Phi) is 8.48. The largest absolute Gasteiger partial charge is 0.495 e. The molecule has 1 aromatic heterocycles. The first-order chi connectivity index (χ1) is 13.8. The van der Waals surface area contributed by atoms with Crippen molar-refractivity contribution in [2.45, 2.75) is 19.0 Å². The molecule has 29 heavy (non-hydrogen) atoms. The molecule has 0 saturated heterocycles. The van der Waals surface area contributed by atoms with Crippen LogP contribution in [0.1, 0.15) is 24.0 Å². The minimum absolute atomic E-state index is 0.0722. The monoisotopic (exact) mass is 432 g/mol. The van der Waals surface area contributed by atoms with Crippen LogP contribution in [0.2, 0.25) is 5.15 Å². The maximum atomic E-state index is 12.8. The van der Waals surface area contributed by atoms with Gasteiger partial charge in [0.05, 0.1) is 12.8 Å². The average Bonchev–Trinajstić information content (AvgIpc) is 2.67. The van der Waals surface area contributed by atoms with Gasteiger partial charge in [0.2, 0.25) is 5.95 Å². The van der Waals surface area contributed by atoms with Crippen molar-refractivity contribution in [1.82, 2.24) is 9.97 Å². The fraction of sp³-hybridized carbons (Fsp3) is 0.421. The molecule has 0 spiro atoms. The highest BCUT2D eigenvalue weighted by atomic mass is 35.5. The highest BCUT2D eigenvalue weighted by Gasteiger charge is 2.34.